The second kappa shape index (κ2) is 6.88. The van der Waals surface area contributed by atoms with Gasteiger partial charge in [0.1, 0.15) is 5.82 Å². The van der Waals surface area contributed by atoms with Crippen LogP contribution in [0.15, 0.2) is 22.3 Å². The minimum Gasteiger partial charge on any atom is -0.353 e. The summed E-state index contributed by atoms with van der Waals surface area (Å²) in [6.07, 6.45) is 2.63. The molecule has 0 spiro atoms. The lowest BCUT2D eigenvalue weighted by molar-refractivity contribution is 0.246. The van der Waals surface area contributed by atoms with Gasteiger partial charge in [-0.15, -0.1) is 11.3 Å². The fourth-order valence-corrected chi connectivity index (χ4v) is 4.21. The molecule has 4 rings (SSSR count). The van der Waals surface area contributed by atoms with E-state index in [9.17, 15) is 4.79 Å². The molecule has 2 aliphatic rings. The first-order chi connectivity index (χ1) is 12.1. The standard InChI is InChI=1S/C18H25N5OS/c1-13(2)23-17(24)6-5-16(20-23)22-9-7-21(8-10-22)11-15-12-25-18(19-15)14-3-4-14/h5-6,12-14H,3-4,7-11H2,1-2H3. The van der Waals surface area contributed by atoms with Crippen molar-refractivity contribution in [2.24, 2.45) is 0 Å². The third-order valence-corrected chi connectivity index (χ3v) is 5.93. The maximum absolute atomic E-state index is 11.9. The van der Waals surface area contributed by atoms with Gasteiger partial charge in [-0.05, 0) is 32.8 Å². The highest BCUT2D eigenvalue weighted by Crippen LogP contribution is 2.41. The smallest absolute Gasteiger partial charge is 0.267 e. The van der Waals surface area contributed by atoms with Gasteiger partial charge in [0.05, 0.1) is 16.7 Å². The molecule has 134 valence electrons. The van der Waals surface area contributed by atoms with E-state index in [0.717, 1.165) is 44.5 Å². The minimum absolute atomic E-state index is 0.0348. The van der Waals surface area contributed by atoms with Crippen molar-refractivity contribution in [2.45, 2.75) is 45.2 Å². The first kappa shape index (κ1) is 16.7. The van der Waals surface area contributed by atoms with Gasteiger partial charge in [0.15, 0.2) is 0 Å². The van der Waals surface area contributed by atoms with E-state index in [0.29, 0.717) is 0 Å². The molecule has 0 N–H and O–H groups in total. The van der Waals surface area contributed by atoms with Gasteiger partial charge in [-0.2, -0.15) is 5.10 Å². The van der Waals surface area contributed by atoms with Gasteiger partial charge in [-0.3, -0.25) is 9.69 Å². The van der Waals surface area contributed by atoms with Crippen LogP contribution in [0.25, 0.3) is 0 Å². The van der Waals surface area contributed by atoms with E-state index in [1.165, 1.54) is 23.5 Å². The Kier molecular flexibility index (Phi) is 4.60. The summed E-state index contributed by atoms with van der Waals surface area (Å²) >= 11 is 1.82. The summed E-state index contributed by atoms with van der Waals surface area (Å²) < 4.78 is 1.57. The van der Waals surface area contributed by atoms with Crippen LogP contribution in [0.2, 0.25) is 0 Å². The third-order valence-electron chi connectivity index (χ3n) is 4.88. The monoisotopic (exact) mass is 359 g/mol. The number of anilines is 1. The summed E-state index contributed by atoms with van der Waals surface area (Å²) in [5, 5.41) is 8.08. The lowest BCUT2D eigenvalue weighted by atomic mass is 10.3. The third kappa shape index (κ3) is 3.77. The predicted octanol–water partition coefficient (Wildman–Crippen LogP) is 2.48. The zero-order valence-electron chi connectivity index (χ0n) is 14.9. The van der Waals surface area contributed by atoms with Crippen molar-refractivity contribution < 1.29 is 0 Å². The first-order valence-electron chi connectivity index (χ1n) is 9.11. The fraction of sp³-hybridized carbons (Fsp3) is 0.611. The van der Waals surface area contributed by atoms with Crippen molar-refractivity contribution in [3.05, 3.63) is 38.6 Å². The van der Waals surface area contributed by atoms with Crippen molar-refractivity contribution in [3.8, 4) is 0 Å². The highest BCUT2D eigenvalue weighted by atomic mass is 32.1. The SMILES string of the molecule is CC(C)n1nc(N2CCN(Cc3csc(C4CC4)n3)CC2)ccc1=O. The molecule has 25 heavy (non-hydrogen) atoms. The van der Waals surface area contributed by atoms with Gasteiger partial charge in [0, 0.05) is 50.1 Å². The molecule has 1 saturated heterocycles. The van der Waals surface area contributed by atoms with E-state index in [1.807, 2.05) is 31.3 Å². The zero-order chi connectivity index (χ0) is 17.4. The Balaban J connectivity index is 1.36. The Labute approximate surface area is 152 Å². The van der Waals surface area contributed by atoms with Crippen LogP contribution in [-0.2, 0) is 6.54 Å². The maximum atomic E-state index is 11.9. The molecule has 0 bridgehead atoms. The van der Waals surface area contributed by atoms with Crippen LogP contribution in [-0.4, -0.2) is 45.8 Å². The van der Waals surface area contributed by atoms with E-state index >= 15 is 0 Å². The molecule has 2 fully saturated rings. The summed E-state index contributed by atoms with van der Waals surface area (Å²) in [6, 6.07) is 3.56. The van der Waals surface area contributed by atoms with Gasteiger partial charge in [0.2, 0.25) is 0 Å². The number of piperazine rings is 1. The molecule has 0 unspecified atom stereocenters. The molecule has 1 aliphatic carbocycles. The molecule has 3 heterocycles. The Bertz CT molecular complexity index is 787. The molecule has 2 aromatic rings. The van der Waals surface area contributed by atoms with Gasteiger partial charge < -0.3 is 4.90 Å². The van der Waals surface area contributed by atoms with Crippen LogP contribution < -0.4 is 10.5 Å². The Morgan fingerprint density at radius 2 is 1.96 bits per heavy atom. The van der Waals surface area contributed by atoms with Crippen LogP contribution >= 0.6 is 11.3 Å². The molecule has 0 radical (unpaired) electrons. The van der Waals surface area contributed by atoms with Crippen molar-refractivity contribution in [2.75, 3.05) is 31.1 Å². The van der Waals surface area contributed by atoms with E-state index < -0.39 is 0 Å². The van der Waals surface area contributed by atoms with E-state index in [1.54, 1.807) is 10.7 Å². The van der Waals surface area contributed by atoms with Crippen LogP contribution in [0.4, 0.5) is 5.82 Å². The second-order valence-corrected chi connectivity index (χ2v) is 8.17. The highest BCUT2D eigenvalue weighted by Gasteiger charge is 2.27. The molecule has 0 amide bonds. The van der Waals surface area contributed by atoms with Crippen molar-refractivity contribution in [1.82, 2.24) is 19.7 Å². The van der Waals surface area contributed by atoms with Crippen LogP contribution in [0.1, 0.15) is 49.4 Å². The number of hydrogen-bond acceptors (Lipinski definition) is 6. The molecule has 0 atom stereocenters. The predicted molar refractivity (Wildman–Crippen MR) is 100 cm³/mol. The van der Waals surface area contributed by atoms with E-state index in [4.69, 9.17) is 4.98 Å². The fourth-order valence-electron chi connectivity index (χ4n) is 3.23. The van der Waals surface area contributed by atoms with Gasteiger partial charge in [-0.1, -0.05) is 0 Å². The molecular weight excluding hydrogens is 334 g/mol. The van der Waals surface area contributed by atoms with Crippen LogP contribution in [0.3, 0.4) is 0 Å². The highest BCUT2D eigenvalue weighted by molar-refractivity contribution is 7.09. The van der Waals surface area contributed by atoms with Gasteiger partial charge >= 0.3 is 0 Å². The number of rotatable bonds is 5. The second-order valence-electron chi connectivity index (χ2n) is 7.28. The van der Waals surface area contributed by atoms with Crippen molar-refractivity contribution in [3.63, 3.8) is 0 Å². The number of thiazole rings is 1. The normalized spacial score (nSPS) is 18.9. The number of aromatic nitrogens is 3. The molecule has 1 aliphatic heterocycles. The Morgan fingerprint density at radius 1 is 1.20 bits per heavy atom. The van der Waals surface area contributed by atoms with Crippen molar-refractivity contribution >= 4 is 17.2 Å². The van der Waals surface area contributed by atoms with Gasteiger partial charge in [0.25, 0.3) is 5.56 Å². The summed E-state index contributed by atoms with van der Waals surface area (Å²) in [7, 11) is 0. The first-order valence-corrected chi connectivity index (χ1v) is 9.99. The molecular formula is C18H25N5OS. The molecule has 0 aromatic carbocycles. The maximum Gasteiger partial charge on any atom is 0.267 e. The van der Waals surface area contributed by atoms with Crippen molar-refractivity contribution in [1.29, 1.82) is 0 Å². The summed E-state index contributed by atoms with van der Waals surface area (Å²) in [4.78, 5) is 21.4. The van der Waals surface area contributed by atoms with Gasteiger partial charge in [-0.25, -0.2) is 9.67 Å². The van der Waals surface area contributed by atoms with Crippen LogP contribution in [0, 0.1) is 0 Å². The Hall–Kier alpha value is -1.73. The largest absolute Gasteiger partial charge is 0.353 e. The molecule has 7 heteroatoms. The summed E-state index contributed by atoms with van der Waals surface area (Å²) in [6.45, 7) is 8.78. The number of nitrogens with zero attached hydrogens (tertiary/aromatic N) is 5. The quantitative estimate of drug-likeness (QED) is 0.821. The topological polar surface area (TPSA) is 54.3 Å². The van der Waals surface area contributed by atoms with E-state index in [-0.39, 0.29) is 11.6 Å². The van der Waals surface area contributed by atoms with Crippen LogP contribution in [0.5, 0.6) is 0 Å². The lowest BCUT2D eigenvalue weighted by Gasteiger charge is -2.35. The number of hydrogen-bond donors (Lipinski definition) is 0. The van der Waals surface area contributed by atoms with E-state index in [2.05, 4.69) is 20.3 Å². The summed E-state index contributed by atoms with van der Waals surface area (Å²) in [5.41, 5.74) is 1.18. The molecule has 1 saturated carbocycles. The zero-order valence-corrected chi connectivity index (χ0v) is 15.7. The summed E-state index contributed by atoms with van der Waals surface area (Å²) in [5.74, 6) is 1.65. The average molecular weight is 359 g/mol. The Morgan fingerprint density at radius 3 is 2.64 bits per heavy atom. The molecule has 6 nitrogen and oxygen atoms in total. The lowest BCUT2D eigenvalue weighted by Crippen LogP contribution is -2.46. The minimum atomic E-state index is -0.0348. The molecule has 2 aromatic heterocycles. The average Bonchev–Trinajstić information content (AvgIpc) is 3.36.